The van der Waals surface area contributed by atoms with Crippen molar-refractivity contribution >= 4 is 11.9 Å². The largest absolute Gasteiger partial charge is 0.493 e. The van der Waals surface area contributed by atoms with E-state index in [9.17, 15) is 14.7 Å². The molecule has 3 rings (SSSR count). The fourth-order valence-electron chi connectivity index (χ4n) is 3.30. The van der Waals surface area contributed by atoms with Crippen LogP contribution in [0.1, 0.15) is 55.3 Å². The number of hydrogen-bond donors (Lipinski definition) is 2. The fourth-order valence-corrected chi connectivity index (χ4v) is 3.30. The van der Waals surface area contributed by atoms with E-state index < -0.39 is 17.4 Å². The number of hydrogen-bond acceptors (Lipinski definition) is 4. The zero-order valence-electron chi connectivity index (χ0n) is 13.8. The Morgan fingerprint density at radius 3 is 2.42 bits per heavy atom. The zero-order valence-corrected chi connectivity index (χ0v) is 13.8. The van der Waals surface area contributed by atoms with Gasteiger partial charge >= 0.3 is 5.97 Å². The number of ether oxygens (including phenoxy) is 2. The molecule has 1 aromatic rings. The molecular formula is C18H23NO5. The van der Waals surface area contributed by atoms with E-state index in [0.717, 1.165) is 19.3 Å². The SMILES string of the molecule is COc1cc(C(=O)NC2(C(=O)O)CCC2)ccc1OC1CCCC1. The summed E-state index contributed by atoms with van der Waals surface area (Å²) < 4.78 is 11.3. The lowest BCUT2D eigenvalue weighted by molar-refractivity contribution is -0.148. The highest BCUT2D eigenvalue weighted by Crippen LogP contribution is 2.34. The van der Waals surface area contributed by atoms with E-state index in [1.165, 1.54) is 20.0 Å². The van der Waals surface area contributed by atoms with Crippen molar-refractivity contribution in [1.29, 1.82) is 0 Å². The lowest BCUT2D eigenvalue weighted by Crippen LogP contribution is -2.59. The third-order valence-corrected chi connectivity index (χ3v) is 4.99. The van der Waals surface area contributed by atoms with Gasteiger partial charge in [0.15, 0.2) is 11.5 Å². The number of carboxylic acid groups (broad SMARTS) is 1. The van der Waals surface area contributed by atoms with Gasteiger partial charge in [-0.05, 0) is 63.1 Å². The van der Waals surface area contributed by atoms with Crippen molar-refractivity contribution in [2.75, 3.05) is 7.11 Å². The molecule has 0 aliphatic heterocycles. The van der Waals surface area contributed by atoms with Crippen LogP contribution in [-0.2, 0) is 4.79 Å². The minimum absolute atomic E-state index is 0.198. The van der Waals surface area contributed by atoms with Crippen LogP contribution in [0.4, 0.5) is 0 Å². The summed E-state index contributed by atoms with van der Waals surface area (Å²) in [6, 6.07) is 4.98. The van der Waals surface area contributed by atoms with Crippen molar-refractivity contribution in [3.63, 3.8) is 0 Å². The van der Waals surface area contributed by atoms with Crippen LogP contribution in [0.5, 0.6) is 11.5 Å². The molecule has 0 heterocycles. The number of carbonyl (C=O) groups is 2. The Morgan fingerprint density at radius 2 is 1.88 bits per heavy atom. The lowest BCUT2D eigenvalue weighted by atomic mass is 9.76. The quantitative estimate of drug-likeness (QED) is 0.836. The smallest absolute Gasteiger partial charge is 0.329 e. The van der Waals surface area contributed by atoms with Gasteiger partial charge in [0.05, 0.1) is 13.2 Å². The molecule has 1 amide bonds. The number of nitrogens with one attached hydrogen (secondary N) is 1. The molecule has 0 unspecified atom stereocenters. The number of methoxy groups -OCH3 is 1. The van der Waals surface area contributed by atoms with Gasteiger partial charge in [0.2, 0.25) is 0 Å². The van der Waals surface area contributed by atoms with Crippen molar-refractivity contribution in [3.8, 4) is 11.5 Å². The second kappa shape index (κ2) is 6.71. The van der Waals surface area contributed by atoms with E-state index in [0.29, 0.717) is 29.9 Å². The first-order chi connectivity index (χ1) is 11.5. The van der Waals surface area contributed by atoms with E-state index in [-0.39, 0.29) is 6.10 Å². The third kappa shape index (κ3) is 3.18. The monoisotopic (exact) mass is 333 g/mol. The average Bonchev–Trinajstić information content (AvgIpc) is 3.03. The standard InChI is InChI=1S/C18H23NO5/c1-23-15-11-12(7-8-14(15)24-13-5-2-3-6-13)16(20)19-18(17(21)22)9-4-10-18/h7-8,11,13H,2-6,9-10H2,1H3,(H,19,20)(H,21,22). The van der Waals surface area contributed by atoms with Crippen molar-refractivity contribution in [3.05, 3.63) is 23.8 Å². The predicted octanol–water partition coefficient (Wildman–Crippen LogP) is 2.75. The Morgan fingerprint density at radius 1 is 1.17 bits per heavy atom. The van der Waals surface area contributed by atoms with Crippen LogP contribution >= 0.6 is 0 Å². The van der Waals surface area contributed by atoms with E-state index in [1.54, 1.807) is 18.2 Å². The molecule has 0 atom stereocenters. The van der Waals surface area contributed by atoms with Gasteiger partial charge in [-0.1, -0.05) is 0 Å². The average molecular weight is 333 g/mol. The molecule has 2 aliphatic carbocycles. The summed E-state index contributed by atoms with van der Waals surface area (Å²) in [6.45, 7) is 0. The molecule has 6 nitrogen and oxygen atoms in total. The van der Waals surface area contributed by atoms with Gasteiger partial charge in [-0.25, -0.2) is 4.79 Å². The van der Waals surface area contributed by atoms with Crippen LogP contribution in [0.3, 0.4) is 0 Å². The summed E-state index contributed by atoms with van der Waals surface area (Å²) >= 11 is 0. The molecule has 6 heteroatoms. The third-order valence-electron chi connectivity index (χ3n) is 4.99. The Kier molecular flexibility index (Phi) is 4.64. The van der Waals surface area contributed by atoms with Gasteiger partial charge in [0.1, 0.15) is 5.54 Å². The highest BCUT2D eigenvalue weighted by molar-refractivity contribution is 5.98. The van der Waals surface area contributed by atoms with Crippen LogP contribution < -0.4 is 14.8 Å². The predicted molar refractivity (Wildman–Crippen MR) is 87.6 cm³/mol. The summed E-state index contributed by atoms with van der Waals surface area (Å²) in [7, 11) is 1.53. The first-order valence-electron chi connectivity index (χ1n) is 8.45. The first kappa shape index (κ1) is 16.6. The van der Waals surface area contributed by atoms with Crippen molar-refractivity contribution in [2.24, 2.45) is 0 Å². The van der Waals surface area contributed by atoms with Crippen LogP contribution in [0.15, 0.2) is 18.2 Å². The van der Waals surface area contributed by atoms with Gasteiger partial charge in [0.25, 0.3) is 5.91 Å². The van der Waals surface area contributed by atoms with Crippen molar-refractivity contribution < 1.29 is 24.2 Å². The second-order valence-corrected chi connectivity index (χ2v) is 6.58. The fraction of sp³-hybridized carbons (Fsp3) is 0.556. The molecular weight excluding hydrogens is 310 g/mol. The molecule has 2 N–H and O–H groups in total. The van der Waals surface area contributed by atoms with E-state index in [4.69, 9.17) is 9.47 Å². The van der Waals surface area contributed by atoms with E-state index >= 15 is 0 Å². The minimum Gasteiger partial charge on any atom is -0.493 e. The maximum atomic E-state index is 12.4. The summed E-state index contributed by atoms with van der Waals surface area (Å²) in [5.41, 5.74) is -0.748. The van der Waals surface area contributed by atoms with Crippen molar-refractivity contribution in [2.45, 2.75) is 56.6 Å². The lowest BCUT2D eigenvalue weighted by Gasteiger charge is -2.38. The molecule has 130 valence electrons. The summed E-state index contributed by atoms with van der Waals surface area (Å²) in [5.74, 6) is -0.261. The van der Waals surface area contributed by atoms with Crippen LogP contribution in [0, 0.1) is 0 Å². The van der Waals surface area contributed by atoms with Crippen LogP contribution in [0.25, 0.3) is 0 Å². The number of aliphatic carboxylic acids is 1. The number of benzene rings is 1. The second-order valence-electron chi connectivity index (χ2n) is 6.58. The highest BCUT2D eigenvalue weighted by Gasteiger charge is 2.45. The van der Waals surface area contributed by atoms with E-state index in [1.807, 2.05) is 0 Å². The van der Waals surface area contributed by atoms with Gasteiger partial charge in [-0.3, -0.25) is 4.79 Å². The van der Waals surface area contributed by atoms with Gasteiger partial charge in [-0.2, -0.15) is 0 Å². The number of carboxylic acids is 1. The van der Waals surface area contributed by atoms with Gasteiger partial charge in [0, 0.05) is 5.56 Å². The number of amides is 1. The molecule has 0 aromatic heterocycles. The Labute approximate surface area is 141 Å². The molecule has 0 saturated heterocycles. The molecule has 24 heavy (non-hydrogen) atoms. The summed E-state index contributed by atoms with van der Waals surface area (Å²) in [5, 5.41) is 12.0. The Balaban J connectivity index is 1.73. The topological polar surface area (TPSA) is 84.9 Å². The van der Waals surface area contributed by atoms with E-state index in [2.05, 4.69) is 5.32 Å². The first-order valence-corrected chi connectivity index (χ1v) is 8.45. The molecule has 2 aliphatic rings. The molecule has 0 radical (unpaired) electrons. The zero-order chi connectivity index (χ0) is 17.2. The maximum Gasteiger partial charge on any atom is 0.329 e. The molecule has 0 spiro atoms. The molecule has 0 bridgehead atoms. The molecule has 2 saturated carbocycles. The van der Waals surface area contributed by atoms with Crippen LogP contribution in [-0.4, -0.2) is 35.7 Å². The summed E-state index contributed by atoms with van der Waals surface area (Å²) in [6.07, 6.45) is 6.35. The van der Waals surface area contributed by atoms with Gasteiger partial charge < -0.3 is 19.9 Å². The minimum atomic E-state index is -1.12. The molecule has 1 aromatic carbocycles. The highest BCUT2D eigenvalue weighted by atomic mass is 16.5. The van der Waals surface area contributed by atoms with Gasteiger partial charge in [-0.15, -0.1) is 0 Å². The van der Waals surface area contributed by atoms with Crippen molar-refractivity contribution in [1.82, 2.24) is 5.32 Å². The maximum absolute atomic E-state index is 12.4. The molecule has 2 fully saturated rings. The van der Waals surface area contributed by atoms with Crippen LogP contribution in [0.2, 0.25) is 0 Å². The Bertz CT molecular complexity index is 632. The summed E-state index contributed by atoms with van der Waals surface area (Å²) in [4.78, 5) is 23.8. The Hall–Kier alpha value is -2.24. The number of rotatable bonds is 6. The number of carbonyl (C=O) groups excluding carboxylic acids is 1. The normalized spacial score (nSPS) is 19.4.